The molecule has 0 fully saturated rings. The maximum Gasteiger partial charge on any atom is 0.248 e. The van der Waals surface area contributed by atoms with E-state index >= 15 is 0 Å². The second kappa shape index (κ2) is 16.7. The van der Waals surface area contributed by atoms with E-state index in [1.807, 2.05) is 90.8 Å². The van der Waals surface area contributed by atoms with Crippen LogP contribution in [0.15, 0.2) is 109 Å². The number of aromatic nitrogens is 2. The Kier molecular flexibility index (Phi) is 11.9. The van der Waals surface area contributed by atoms with E-state index in [4.69, 9.17) is 15.0 Å². The van der Waals surface area contributed by atoms with Crippen molar-refractivity contribution in [3.05, 3.63) is 114 Å². The molecule has 3 N–H and O–H groups in total. The molecule has 0 aliphatic rings. The van der Waals surface area contributed by atoms with Crippen LogP contribution in [0.3, 0.4) is 0 Å². The maximum absolute atomic E-state index is 12.4. The van der Waals surface area contributed by atoms with Crippen LogP contribution in [-0.2, 0) is 9.53 Å². The van der Waals surface area contributed by atoms with Gasteiger partial charge in [0.05, 0.1) is 13.2 Å². The number of likely N-dealkylation sites (N-methyl/N-ethyl adjacent to an activating group) is 1. The Morgan fingerprint density at radius 2 is 1.63 bits per heavy atom. The van der Waals surface area contributed by atoms with Gasteiger partial charge in [0, 0.05) is 53.8 Å². The summed E-state index contributed by atoms with van der Waals surface area (Å²) in [4.78, 5) is 25.7. The van der Waals surface area contributed by atoms with Crippen LogP contribution in [-0.4, -0.2) is 60.7 Å². The average Bonchev–Trinajstić information content (AvgIpc) is 3.01. The molecule has 3 aromatic carbocycles. The van der Waals surface area contributed by atoms with E-state index in [0.717, 1.165) is 22.9 Å². The molecule has 0 unspecified atom stereocenters. The van der Waals surface area contributed by atoms with Gasteiger partial charge >= 0.3 is 0 Å². The zero-order chi connectivity index (χ0) is 30.1. The summed E-state index contributed by atoms with van der Waals surface area (Å²) in [5.41, 5.74) is 10.5. The summed E-state index contributed by atoms with van der Waals surface area (Å²) in [5.74, 6) is 2.49. The number of hydrogen-bond acceptors (Lipinski definition) is 9. The van der Waals surface area contributed by atoms with Gasteiger partial charge in [0.15, 0.2) is 0 Å². The maximum atomic E-state index is 12.4. The highest BCUT2D eigenvalue weighted by Gasteiger charge is 2.05. The first-order valence-electron chi connectivity index (χ1n) is 13.6. The van der Waals surface area contributed by atoms with Crippen LogP contribution < -0.4 is 20.7 Å². The summed E-state index contributed by atoms with van der Waals surface area (Å²) in [5, 5.41) is 12.8. The van der Waals surface area contributed by atoms with Crippen LogP contribution in [0, 0.1) is 0 Å². The van der Waals surface area contributed by atoms with Crippen LogP contribution in [0.4, 0.5) is 28.7 Å². The normalized spacial score (nSPS) is 10.7. The zero-order valence-electron chi connectivity index (χ0n) is 23.8. The molecule has 0 spiro atoms. The number of anilines is 5. The monoisotopic (exact) mass is 579 g/mol. The number of ether oxygens (including phenoxy) is 2. The molecular formula is C31H33N9O3. The quantitative estimate of drug-likeness (QED) is 0.0447. The zero-order valence-corrected chi connectivity index (χ0v) is 23.8. The Hall–Kier alpha value is -5.42. The second-order valence-corrected chi connectivity index (χ2v) is 9.28. The van der Waals surface area contributed by atoms with E-state index in [0.29, 0.717) is 50.2 Å². The largest absolute Gasteiger partial charge is 0.457 e. The number of carbonyl (C=O) groups excluding carboxylic acids is 1. The number of benzene rings is 3. The first-order valence-corrected chi connectivity index (χ1v) is 13.6. The van der Waals surface area contributed by atoms with Crippen molar-refractivity contribution in [1.29, 1.82) is 0 Å². The van der Waals surface area contributed by atoms with Gasteiger partial charge in [0.1, 0.15) is 29.5 Å². The Balaban J connectivity index is 1.24. The number of nitrogens with zero attached hydrogens (tertiary/aromatic N) is 6. The number of amides is 1. The first-order chi connectivity index (χ1) is 21.1. The van der Waals surface area contributed by atoms with E-state index < -0.39 is 0 Å². The molecule has 1 aromatic heterocycles. The molecule has 0 bridgehead atoms. The third kappa shape index (κ3) is 11.2. The van der Waals surface area contributed by atoms with Crippen molar-refractivity contribution >= 4 is 34.6 Å². The lowest BCUT2D eigenvalue weighted by molar-refractivity contribution is -0.111. The Morgan fingerprint density at radius 1 is 0.907 bits per heavy atom. The lowest BCUT2D eigenvalue weighted by Gasteiger charge is -2.14. The molecule has 0 atom stereocenters. The van der Waals surface area contributed by atoms with Crippen molar-refractivity contribution in [2.75, 3.05) is 55.8 Å². The van der Waals surface area contributed by atoms with E-state index in [1.165, 1.54) is 12.4 Å². The van der Waals surface area contributed by atoms with Gasteiger partial charge in [-0.2, -0.15) is 0 Å². The summed E-state index contributed by atoms with van der Waals surface area (Å²) in [6.07, 6.45) is 4.76. The van der Waals surface area contributed by atoms with Crippen molar-refractivity contribution in [3.63, 3.8) is 0 Å². The van der Waals surface area contributed by atoms with Crippen molar-refractivity contribution < 1.29 is 14.3 Å². The van der Waals surface area contributed by atoms with E-state index in [1.54, 1.807) is 12.1 Å². The third-order valence-electron chi connectivity index (χ3n) is 5.88. The summed E-state index contributed by atoms with van der Waals surface area (Å²) in [6, 6.07) is 26.4. The van der Waals surface area contributed by atoms with Crippen molar-refractivity contribution in [2.24, 2.45) is 5.11 Å². The molecule has 43 heavy (non-hydrogen) atoms. The molecule has 0 radical (unpaired) electrons. The molecule has 12 nitrogen and oxygen atoms in total. The summed E-state index contributed by atoms with van der Waals surface area (Å²) in [7, 11) is 1.93. The predicted octanol–water partition coefficient (Wildman–Crippen LogP) is 6.51. The number of nitrogens with one attached hydrogen (secondary N) is 3. The Bertz CT molecular complexity index is 1530. The molecule has 4 aromatic rings. The minimum atomic E-state index is -0.232. The average molecular weight is 580 g/mol. The minimum Gasteiger partial charge on any atom is -0.457 e. The Morgan fingerprint density at radius 3 is 2.40 bits per heavy atom. The van der Waals surface area contributed by atoms with Crippen LogP contribution in [0.1, 0.15) is 0 Å². The molecule has 0 aliphatic heterocycles. The molecule has 1 heterocycles. The van der Waals surface area contributed by atoms with Crippen LogP contribution in [0.25, 0.3) is 10.4 Å². The highest BCUT2D eigenvalue weighted by molar-refractivity contribution is 5.99. The van der Waals surface area contributed by atoms with Gasteiger partial charge in [-0.1, -0.05) is 35.5 Å². The van der Waals surface area contributed by atoms with Gasteiger partial charge in [-0.15, -0.1) is 0 Å². The second-order valence-electron chi connectivity index (χ2n) is 9.28. The van der Waals surface area contributed by atoms with Gasteiger partial charge in [-0.3, -0.25) is 4.79 Å². The van der Waals surface area contributed by atoms with Crippen LogP contribution in [0.5, 0.6) is 11.5 Å². The third-order valence-corrected chi connectivity index (χ3v) is 5.88. The summed E-state index contributed by atoms with van der Waals surface area (Å²) < 4.78 is 11.2. The summed E-state index contributed by atoms with van der Waals surface area (Å²) in [6.45, 7) is 2.49. The lowest BCUT2D eigenvalue weighted by Crippen LogP contribution is -2.24. The van der Waals surface area contributed by atoms with Gasteiger partial charge < -0.3 is 30.3 Å². The van der Waals surface area contributed by atoms with Gasteiger partial charge in [-0.05, 0) is 67.2 Å². The smallest absolute Gasteiger partial charge is 0.248 e. The number of rotatable bonds is 16. The van der Waals surface area contributed by atoms with Crippen LogP contribution >= 0.6 is 0 Å². The molecular weight excluding hydrogens is 546 g/mol. The highest BCUT2D eigenvalue weighted by atomic mass is 16.5. The standard InChI is InChI=1S/C31H33N9O3/c1-40(18-20-42-19-16-35-39-32)17-6-11-31(41)38-26-8-5-7-25(21-26)37-30-22-29(33-23-34-30)36-24-12-14-28(15-13-24)43-27-9-3-2-4-10-27/h2-15,21-23H,16-20H2,1H3,(H,38,41)(H2,33,34,36,37). The van der Waals surface area contributed by atoms with Crippen molar-refractivity contribution in [2.45, 2.75) is 0 Å². The molecule has 4 rings (SSSR count). The fraction of sp³-hybridized carbons (Fsp3) is 0.194. The SMILES string of the molecule is CN(CC=CC(=O)Nc1cccc(Nc2cc(Nc3ccc(Oc4ccccc4)cc3)ncn2)c1)CCOCCN=[N+]=[N-]. The number of hydrogen-bond donors (Lipinski definition) is 3. The first kappa shape index (κ1) is 30.5. The minimum absolute atomic E-state index is 0.232. The van der Waals surface area contributed by atoms with Gasteiger partial charge in [0.2, 0.25) is 5.91 Å². The number of carbonyl (C=O) groups is 1. The Labute approximate surface area is 250 Å². The fourth-order valence-electron chi connectivity index (χ4n) is 3.78. The van der Waals surface area contributed by atoms with Crippen molar-refractivity contribution in [1.82, 2.24) is 14.9 Å². The number of azide groups is 1. The molecule has 12 heteroatoms. The van der Waals surface area contributed by atoms with E-state index in [2.05, 4.69) is 35.9 Å². The van der Waals surface area contributed by atoms with Gasteiger partial charge in [-0.25, -0.2) is 9.97 Å². The molecule has 220 valence electrons. The molecule has 1 amide bonds. The highest BCUT2D eigenvalue weighted by Crippen LogP contribution is 2.25. The van der Waals surface area contributed by atoms with Crippen LogP contribution in [0.2, 0.25) is 0 Å². The fourth-order valence-corrected chi connectivity index (χ4v) is 3.78. The van der Waals surface area contributed by atoms with Crippen molar-refractivity contribution in [3.8, 4) is 11.5 Å². The molecule has 0 saturated carbocycles. The van der Waals surface area contributed by atoms with E-state index in [9.17, 15) is 4.79 Å². The van der Waals surface area contributed by atoms with Gasteiger partial charge in [0.25, 0.3) is 0 Å². The summed E-state index contributed by atoms with van der Waals surface area (Å²) >= 11 is 0. The number of para-hydroxylation sites is 1. The predicted molar refractivity (Wildman–Crippen MR) is 168 cm³/mol. The lowest BCUT2D eigenvalue weighted by atomic mass is 10.2. The van der Waals surface area contributed by atoms with E-state index in [-0.39, 0.29) is 5.91 Å². The topological polar surface area (TPSA) is 149 Å². The molecule has 0 aliphatic carbocycles. The molecule has 0 saturated heterocycles.